The van der Waals surface area contributed by atoms with Crippen molar-refractivity contribution in [1.82, 2.24) is 9.47 Å². The summed E-state index contributed by atoms with van der Waals surface area (Å²) in [6, 6.07) is 11.1. The van der Waals surface area contributed by atoms with Gasteiger partial charge in [-0.15, -0.1) is 0 Å². The molecule has 0 atom stereocenters. The van der Waals surface area contributed by atoms with Gasteiger partial charge in [-0.25, -0.2) is 12.8 Å². The van der Waals surface area contributed by atoms with Crippen LogP contribution in [0.4, 0.5) is 28.9 Å². The van der Waals surface area contributed by atoms with E-state index < -0.39 is 29.4 Å². The first-order chi connectivity index (χ1) is 20.5. The van der Waals surface area contributed by atoms with Crippen molar-refractivity contribution >= 4 is 32.1 Å². The summed E-state index contributed by atoms with van der Waals surface area (Å²) in [5.41, 5.74) is 1.68. The molecule has 2 aromatic carbocycles. The normalized spacial score (nSPS) is 14.8. The van der Waals surface area contributed by atoms with Crippen LogP contribution in [0.1, 0.15) is 25.0 Å². The van der Waals surface area contributed by atoms with Crippen LogP contribution >= 0.6 is 0 Å². The molecule has 1 aliphatic heterocycles. The Kier molecular flexibility index (Phi) is 10.8. The smallest absolute Gasteiger partial charge is 0.406 e. The minimum absolute atomic E-state index is 0.0114. The topological polar surface area (TPSA) is 84.8 Å². The molecule has 4 rings (SSSR count). The Bertz CT molecular complexity index is 1560. The Morgan fingerprint density at radius 2 is 1.86 bits per heavy atom. The second kappa shape index (κ2) is 14.3. The minimum atomic E-state index is -4.46. The number of fused-ring (bicyclic) bond motifs is 1. The van der Waals surface area contributed by atoms with Crippen LogP contribution in [0.5, 0.6) is 5.75 Å². The zero-order chi connectivity index (χ0) is 31.0. The molecule has 2 heterocycles. The van der Waals surface area contributed by atoms with Crippen LogP contribution in [0, 0.1) is 11.8 Å². The Balaban J connectivity index is 1.52. The number of likely N-dealkylation sites (tertiary alicyclic amines) is 1. The van der Waals surface area contributed by atoms with Gasteiger partial charge in [-0.1, -0.05) is 12.0 Å². The number of hydrogen-bond acceptors (Lipinski definition) is 7. The zero-order valence-corrected chi connectivity index (χ0v) is 25.0. The molecule has 43 heavy (non-hydrogen) atoms. The van der Waals surface area contributed by atoms with Crippen LogP contribution in [0.15, 0.2) is 47.4 Å². The van der Waals surface area contributed by atoms with Crippen molar-refractivity contribution in [3.63, 3.8) is 0 Å². The highest BCUT2D eigenvalue weighted by atomic mass is 32.2. The number of nitrogens with zero attached hydrogens (tertiary/aromatic N) is 2. The summed E-state index contributed by atoms with van der Waals surface area (Å²) in [5, 5.41) is 7.12. The number of anilines is 2. The summed E-state index contributed by atoms with van der Waals surface area (Å²) in [6.45, 7) is 1.19. The standard InChI is InChI=1S/C30H36F4N4O4S/c1-41-17-5-14-37-15-11-22(12-16-37)36-26-7-3-8-28-25(26)18-23(38(28)20-30(32,33)34)6-4-13-35-27-10-9-24(43(2,39)40)19-29(27)42-21-31/h3,7-10,18-19,22,35-36H,5,11-17,20-21H2,1-2H3. The van der Waals surface area contributed by atoms with Crippen molar-refractivity contribution in [1.29, 1.82) is 0 Å². The van der Waals surface area contributed by atoms with Gasteiger partial charge < -0.3 is 29.6 Å². The molecule has 0 aliphatic carbocycles. The van der Waals surface area contributed by atoms with Gasteiger partial charge in [-0.2, -0.15) is 13.2 Å². The van der Waals surface area contributed by atoms with E-state index in [0.717, 1.165) is 62.0 Å². The Morgan fingerprint density at radius 3 is 2.53 bits per heavy atom. The summed E-state index contributed by atoms with van der Waals surface area (Å²) < 4.78 is 88.6. The van der Waals surface area contributed by atoms with Gasteiger partial charge in [0.1, 0.15) is 12.3 Å². The van der Waals surface area contributed by atoms with E-state index in [0.29, 0.717) is 16.6 Å². The number of piperidine rings is 1. The Labute approximate surface area is 249 Å². The molecular formula is C30H36F4N4O4S. The number of benzene rings is 2. The van der Waals surface area contributed by atoms with E-state index in [1.165, 1.54) is 18.2 Å². The molecule has 1 fully saturated rings. The van der Waals surface area contributed by atoms with E-state index in [2.05, 4.69) is 27.4 Å². The molecule has 0 unspecified atom stereocenters. The second-order valence-electron chi connectivity index (χ2n) is 10.4. The summed E-state index contributed by atoms with van der Waals surface area (Å²) in [5.74, 6) is 5.65. The van der Waals surface area contributed by atoms with E-state index in [-0.39, 0.29) is 28.9 Å². The number of nitrogens with one attached hydrogen (secondary N) is 2. The highest BCUT2D eigenvalue weighted by Crippen LogP contribution is 2.32. The number of alkyl halides is 4. The largest absolute Gasteiger partial charge is 0.461 e. The molecule has 0 bridgehead atoms. The average Bonchev–Trinajstić information content (AvgIpc) is 3.29. The minimum Gasteiger partial charge on any atom is -0.461 e. The van der Waals surface area contributed by atoms with E-state index >= 15 is 0 Å². The predicted molar refractivity (Wildman–Crippen MR) is 159 cm³/mol. The van der Waals surface area contributed by atoms with E-state index in [4.69, 9.17) is 9.47 Å². The monoisotopic (exact) mass is 624 g/mol. The highest BCUT2D eigenvalue weighted by molar-refractivity contribution is 7.90. The lowest BCUT2D eigenvalue weighted by Gasteiger charge is -2.33. The number of rotatable bonds is 12. The first-order valence-electron chi connectivity index (χ1n) is 13.9. The van der Waals surface area contributed by atoms with Gasteiger partial charge in [0.05, 0.1) is 28.3 Å². The van der Waals surface area contributed by atoms with Crippen molar-refractivity contribution < 1.29 is 35.5 Å². The fourth-order valence-corrected chi connectivity index (χ4v) is 5.78. The summed E-state index contributed by atoms with van der Waals surface area (Å²) in [6.07, 6.45) is -0.619. The number of ether oxygens (including phenoxy) is 2. The molecular weight excluding hydrogens is 588 g/mol. The van der Waals surface area contributed by atoms with Gasteiger partial charge >= 0.3 is 6.18 Å². The maximum absolute atomic E-state index is 13.6. The van der Waals surface area contributed by atoms with Crippen LogP contribution in [0.3, 0.4) is 0 Å². The fourth-order valence-electron chi connectivity index (χ4n) is 5.15. The van der Waals surface area contributed by atoms with Crippen molar-refractivity contribution in [2.45, 2.75) is 42.9 Å². The summed E-state index contributed by atoms with van der Waals surface area (Å²) >= 11 is 0. The number of hydrogen-bond donors (Lipinski definition) is 2. The Hall–Kier alpha value is -3.47. The number of halogens is 4. The lowest BCUT2D eigenvalue weighted by Crippen LogP contribution is -2.39. The zero-order valence-electron chi connectivity index (χ0n) is 24.1. The summed E-state index contributed by atoms with van der Waals surface area (Å²) in [4.78, 5) is 2.35. The van der Waals surface area contributed by atoms with Crippen LogP contribution in [0.2, 0.25) is 0 Å². The van der Waals surface area contributed by atoms with Crippen LogP contribution in [0.25, 0.3) is 10.9 Å². The third-order valence-corrected chi connectivity index (χ3v) is 8.34. The van der Waals surface area contributed by atoms with Gasteiger partial charge in [0.15, 0.2) is 9.84 Å². The molecule has 2 N–H and O–H groups in total. The second-order valence-corrected chi connectivity index (χ2v) is 12.4. The maximum atomic E-state index is 13.6. The van der Waals surface area contributed by atoms with Crippen LogP contribution in [-0.4, -0.2) is 83.1 Å². The lowest BCUT2D eigenvalue weighted by atomic mass is 10.0. The van der Waals surface area contributed by atoms with E-state index in [9.17, 15) is 26.0 Å². The van der Waals surface area contributed by atoms with Gasteiger partial charge in [-0.05, 0) is 55.5 Å². The molecule has 234 valence electrons. The number of methoxy groups -OCH3 is 1. The third-order valence-electron chi connectivity index (χ3n) is 7.23. The van der Waals surface area contributed by atoms with Crippen LogP contribution < -0.4 is 15.4 Å². The predicted octanol–water partition coefficient (Wildman–Crippen LogP) is 5.29. The fraction of sp³-hybridized carbons (Fsp3) is 0.467. The molecule has 8 nitrogen and oxygen atoms in total. The SMILES string of the molecule is COCCCN1CCC(Nc2cccc3c2cc(C#CCNc2ccc(S(C)(=O)=O)cc2OCF)n3CC(F)(F)F)CC1. The molecule has 1 aromatic heterocycles. The third kappa shape index (κ3) is 9.01. The van der Waals surface area contributed by atoms with Gasteiger partial charge in [0.2, 0.25) is 6.86 Å². The highest BCUT2D eigenvalue weighted by Gasteiger charge is 2.30. The molecule has 1 saturated heterocycles. The quantitative estimate of drug-likeness (QED) is 0.161. The lowest BCUT2D eigenvalue weighted by molar-refractivity contribution is -0.140. The Morgan fingerprint density at radius 1 is 1.09 bits per heavy atom. The first-order valence-corrected chi connectivity index (χ1v) is 15.8. The van der Waals surface area contributed by atoms with Gasteiger partial charge in [0.25, 0.3) is 0 Å². The molecule has 13 heteroatoms. The molecule has 0 radical (unpaired) electrons. The first kappa shape index (κ1) is 32.4. The van der Waals surface area contributed by atoms with Gasteiger partial charge in [0, 0.05) is 62.8 Å². The van der Waals surface area contributed by atoms with Gasteiger partial charge in [-0.3, -0.25) is 0 Å². The average molecular weight is 625 g/mol. The van der Waals surface area contributed by atoms with E-state index in [1.807, 2.05) is 6.07 Å². The van der Waals surface area contributed by atoms with Crippen molar-refractivity contribution in [2.24, 2.45) is 0 Å². The number of aromatic nitrogens is 1. The molecule has 0 spiro atoms. The van der Waals surface area contributed by atoms with Crippen molar-refractivity contribution in [3.8, 4) is 17.6 Å². The van der Waals surface area contributed by atoms with E-state index in [1.54, 1.807) is 25.3 Å². The molecule has 3 aromatic rings. The molecule has 1 aliphatic rings. The van der Waals surface area contributed by atoms with Crippen LogP contribution in [-0.2, 0) is 21.1 Å². The van der Waals surface area contributed by atoms with Crippen molar-refractivity contribution in [2.75, 3.05) is 63.6 Å². The molecule has 0 amide bonds. The number of sulfone groups is 1. The maximum Gasteiger partial charge on any atom is 0.406 e. The summed E-state index contributed by atoms with van der Waals surface area (Å²) in [7, 11) is -1.85. The van der Waals surface area contributed by atoms with Crippen molar-refractivity contribution in [3.05, 3.63) is 48.2 Å². The molecule has 0 saturated carbocycles.